The van der Waals surface area contributed by atoms with Crippen molar-refractivity contribution in [3.05, 3.63) is 75.8 Å². The Hall–Kier alpha value is -2.42. The molecule has 0 saturated carbocycles. The lowest BCUT2D eigenvalue weighted by molar-refractivity contribution is 0.102. The molecule has 1 heterocycles. The Labute approximate surface area is 166 Å². The summed E-state index contributed by atoms with van der Waals surface area (Å²) in [4.78, 5) is 17.6. The molecule has 0 radical (unpaired) electrons. The van der Waals surface area contributed by atoms with Gasteiger partial charge in [0.2, 0.25) is 10.0 Å². The minimum Gasteiger partial charge on any atom is -0.298 e. The predicted octanol–water partition coefficient (Wildman–Crippen LogP) is 4.01. The van der Waals surface area contributed by atoms with Crippen LogP contribution in [0.25, 0.3) is 0 Å². The molecule has 0 aliphatic heterocycles. The van der Waals surface area contributed by atoms with Crippen molar-refractivity contribution in [3.8, 4) is 0 Å². The second-order valence-corrected chi connectivity index (χ2v) is 9.14. The summed E-state index contributed by atoms with van der Waals surface area (Å²) in [6, 6.07) is 13.7. The standard InChI is InChI=1S/C18H16ClN3O3S2/c1-27(24,25)22-15-7-5-13(6-8-15)17(23)21-18-20-11-16(26-18)10-12-3-2-4-14(19)9-12/h2-9,11,22H,10H2,1H3,(H,20,21,23). The normalized spacial score (nSPS) is 11.2. The molecule has 27 heavy (non-hydrogen) atoms. The van der Waals surface area contributed by atoms with Crippen LogP contribution in [0.4, 0.5) is 10.8 Å². The van der Waals surface area contributed by atoms with Gasteiger partial charge in [-0.15, -0.1) is 11.3 Å². The van der Waals surface area contributed by atoms with E-state index in [0.29, 0.717) is 27.8 Å². The van der Waals surface area contributed by atoms with Crippen molar-refractivity contribution in [2.75, 3.05) is 16.3 Å². The van der Waals surface area contributed by atoms with E-state index in [2.05, 4.69) is 15.0 Å². The lowest BCUT2D eigenvalue weighted by Gasteiger charge is -2.05. The molecule has 3 aromatic rings. The maximum absolute atomic E-state index is 12.3. The Morgan fingerprint density at radius 3 is 2.59 bits per heavy atom. The van der Waals surface area contributed by atoms with Gasteiger partial charge in [-0.05, 0) is 42.0 Å². The monoisotopic (exact) mass is 421 g/mol. The molecule has 0 aliphatic carbocycles. The number of anilines is 2. The molecule has 6 nitrogen and oxygen atoms in total. The van der Waals surface area contributed by atoms with E-state index in [1.807, 2.05) is 24.3 Å². The summed E-state index contributed by atoms with van der Waals surface area (Å²) < 4.78 is 24.8. The Morgan fingerprint density at radius 1 is 1.19 bits per heavy atom. The van der Waals surface area contributed by atoms with Crippen LogP contribution in [0.2, 0.25) is 5.02 Å². The van der Waals surface area contributed by atoms with E-state index < -0.39 is 10.0 Å². The molecule has 0 bridgehead atoms. The van der Waals surface area contributed by atoms with Crippen LogP contribution in [0.15, 0.2) is 54.7 Å². The summed E-state index contributed by atoms with van der Waals surface area (Å²) in [5.74, 6) is -0.315. The van der Waals surface area contributed by atoms with Gasteiger partial charge in [-0.2, -0.15) is 0 Å². The number of amides is 1. The Morgan fingerprint density at radius 2 is 1.93 bits per heavy atom. The molecule has 0 spiro atoms. The minimum absolute atomic E-state index is 0.315. The zero-order valence-corrected chi connectivity index (χ0v) is 16.7. The zero-order valence-electron chi connectivity index (χ0n) is 14.3. The van der Waals surface area contributed by atoms with Gasteiger partial charge in [-0.1, -0.05) is 23.7 Å². The van der Waals surface area contributed by atoms with Crippen LogP contribution >= 0.6 is 22.9 Å². The summed E-state index contributed by atoms with van der Waals surface area (Å²) in [7, 11) is -3.35. The van der Waals surface area contributed by atoms with Crippen LogP contribution in [0.3, 0.4) is 0 Å². The van der Waals surface area contributed by atoms with Gasteiger partial charge in [-0.3, -0.25) is 14.8 Å². The molecule has 0 aliphatic rings. The van der Waals surface area contributed by atoms with E-state index in [9.17, 15) is 13.2 Å². The number of carbonyl (C=O) groups excluding carboxylic acids is 1. The topological polar surface area (TPSA) is 88.2 Å². The first kappa shape index (κ1) is 19.3. The number of nitrogens with one attached hydrogen (secondary N) is 2. The second kappa shape index (κ2) is 8.08. The fourth-order valence-corrected chi connectivity index (χ4v) is 3.99. The van der Waals surface area contributed by atoms with E-state index in [1.165, 1.54) is 23.5 Å². The van der Waals surface area contributed by atoms with Crippen molar-refractivity contribution < 1.29 is 13.2 Å². The van der Waals surface area contributed by atoms with Crippen molar-refractivity contribution in [3.63, 3.8) is 0 Å². The highest BCUT2D eigenvalue weighted by atomic mass is 35.5. The highest BCUT2D eigenvalue weighted by Gasteiger charge is 2.10. The third-order valence-electron chi connectivity index (χ3n) is 3.49. The number of hydrogen-bond acceptors (Lipinski definition) is 5. The third kappa shape index (κ3) is 5.78. The second-order valence-electron chi connectivity index (χ2n) is 5.84. The van der Waals surface area contributed by atoms with Gasteiger partial charge in [0, 0.05) is 33.8 Å². The SMILES string of the molecule is CS(=O)(=O)Nc1ccc(C(=O)Nc2ncc(Cc3cccc(Cl)c3)s2)cc1. The van der Waals surface area contributed by atoms with Gasteiger partial charge in [0.15, 0.2) is 5.13 Å². The lowest BCUT2D eigenvalue weighted by Crippen LogP contribution is -2.12. The van der Waals surface area contributed by atoms with Crippen LogP contribution in [0.1, 0.15) is 20.8 Å². The summed E-state index contributed by atoms with van der Waals surface area (Å²) in [5, 5.41) is 3.92. The molecule has 0 fully saturated rings. The molecule has 3 rings (SSSR count). The van der Waals surface area contributed by atoms with Gasteiger partial charge in [0.05, 0.1) is 6.26 Å². The average molecular weight is 422 g/mol. The van der Waals surface area contributed by atoms with Crippen molar-refractivity contribution in [2.24, 2.45) is 0 Å². The van der Waals surface area contributed by atoms with Crippen molar-refractivity contribution in [2.45, 2.75) is 6.42 Å². The largest absolute Gasteiger partial charge is 0.298 e. The molecule has 0 atom stereocenters. The number of benzene rings is 2. The van der Waals surface area contributed by atoms with Crippen molar-refractivity contribution in [1.29, 1.82) is 0 Å². The summed E-state index contributed by atoms with van der Waals surface area (Å²) >= 11 is 7.38. The van der Waals surface area contributed by atoms with E-state index in [0.717, 1.165) is 16.7 Å². The van der Waals surface area contributed by atoms with Crippen LogP contribution in [0, 0.1) is 0 Å². The minimum atomic E-state index is -3.35. The molecular formula is C18H16ClN3O3S2. The molecule has 9 heteroatoms. The number of rotatable bonds is 6. The summed E-state index contributed by atoms with van der Waals surface area (Å²) in [6.45, 7) is 0. The first-order valence-corrected chi connectivity index (χ1v) is 11.0. The first-order chi connectivity index (χ1) is 12.8. The molecule has 140 valence electrons. The third-order valence-corrected chi connectivity index (χ3v) is 5.25. The van der Waals surface area contributed by atoms with Gasteiger partial charge >= 0.3 is 0 Å². The predicted molar refractivity (Wildman–Crippen MR) is 109 cm³/mol. The number of aromatic nitrogens is 1. The van der Waals surface area contributed by atoms with E-state index >= 15 is 0 Å². The van der Waals surface area contributed by atoms with Crippen LogP contribution < -0.4 is 10.0 Å². The Kier molecular flexibility index (Phi) is 5.79. The Bertz CT molecular complexity index is 1060. The first-order valence-electron chi connectivity index (χ1n) is 7.87. The highest BCUT2D eigenvalue weighted by molar-refractivity contribution is 7.92. The molecule has 0 unspecified atom stereocenters. The van der Waals surface area contributed by atoms with Crippen LogP contribution in [-0.2, 0) is 16.4 Å². The van der Waals surface area contributed by atoms with Crippen LogP contribution in [0.5, 0.6) is 0 Å². The fourth-order valence-electron chi connectivity index (χ4n) is 2.37. The molecule has 2 N–H and O–H groups in total. The lowest BCUT2D eigenvalue weighted by atomic mass is 10.1. The summed E-state index contributed by atoms with van der Waals surface area (Å²) in [5.41, 5.74) is 1.87. The average Bonchev–Trinajstić information content (AvgIpc) is 3.01. The molecule has 2 aromatic carbocycles. The fraction of sp³-hybridized carbons (Fsp3) is 0.111. The number of nitrogens with zero attached hydrogens (tertiary/aromatic N) is 1. The molecular weight excluding hydrogens is 406 g/mol. The highest BCUT2D eigenvalue weighted by Crippen LogP contribution is 2.23. The molecule has 0 saturated heterocycles. The van der Waals surface area contributed by atoms with Gasteiger partial charge in [0.25, 0.3) is 5.91 Å². The number of sulfonamides is 1. The maximum Gasteiger partial charge on any atom is 0.257 e. The Balaban J connectivity index is 1.63. The van der Waals surface area contributed by atoms with Gasteiger partial charge in [-0.25, -0.2) is 13.4 Å². The smallest absolute Gasteiger partial charge is 0.257 e. The molecule has 1 amide bonds. The van der Waals surface area contributed by atoms with Gasteiger partial charge < -0.3 is 0 Å². The number of carbonyl (C=O) groups is 1. The van der Waals surface area contributed by atoms with Crippen molar-refractivity contribution >= 4 is 49.7 Å². The maximum atomic E-state index is 12.3. The van der Waals surface area contributed by atoms with Crippen LogP contribution in [-0.4, -0.2) is 25.6 Å². The van der Waals surface area contributed by atoms with E-state index in [4.69, 9.17) is 11.6 Å². The molecule has 1 aromatic heterocycles. The van der Waals surface area contributed by atoms with Crippen molar-refractivity contribution in [1.82, 2.24) is 4.98 Å². The van der Waals surface area contributed by atoms with E-state index in [1.54, 1.807) is 18.3 Å². The number of halogens is 1. The number of hydrogen-bond donors (Lipinski definition) is 2. The van der Waals surface area contributed by atoms with Gasteiger partial charge in [0.1, 0.15) is 0 Å². The zero-order chi connectivity index (χ0) is 19.4. The summed E-state index contributed by atoms with van der Waals surface area (Å²) in [6.07, 6.45) is 3.47. The van der Waals surface area contributed by atoms with E-state index in [-0.39, 0.29) is 5.91 Å². The number of thiazole rings is 1. The quantitative estimate of drug-likeness (QED) is 0.629.